The largest absolute Gasteiger partial charge is 0.448 e. The number of aromatic nitrogens is 1. The number of hydrogen-bond acceptors (Lipinski definition) is 6. The van der Waals surface area contributed by atoms with Gasteiger partial charge in [0.15, 0.2) is 11.5 Å². The molecule has 7 nitrogen and oxygen atoms in total. The monoisotopic (exact) mass is 581 g/mol. The maximum absolute atomic E-state index is 13.2. The average molecular weight is 582 g/mol. The number of benzene rings is 1. The standard InChI is InChI=1S/C28H34ClF2N3O4S/c1-14-9-22(39-4)20(26(36)33-14)13-32-25(35)19-10-21(29)24-23(15(19)2)37-27(3,38-24)16-5-7-17(8-6-16)34-18-11-28(30,31)12-18/h9-10,16-18,34H,5-8,11-13H2,1-4H3,(H,32,35)(H,33,36)/t16-,17-,27-/m1/s1. The lowest BCUT2D eigenvalue weighted by Gasteiger charge is -2.41. The molecule has 11 heteroatoms. The second-order valence-corrected chi connectivity index (χ2v) is 12.4. The van der Waals surface area contributed by atoms with E-state index in [2.05, 4.69) is 15.6 Å². The number of nitrogens with one attached hydrogen (secondary N) is 3. The fourth-order valence-electron chi connectivity index (χ4n) is 5.94. The van der Waals surface area contributed by atoms with Crippen LogP contribution < -0.4 is 25.7 Å². The molecule has 1 aliphatic heterocycles. The fraction of sp³-hybridized carbons (Fsp3) is 0.571. The van der Waals surface area contributed by atoms with Crippen LogP contribution in [0.3, 0.4) is 0 Å². The van der Waals surface area contributed by atoms with E-state index in [0.717, 1.165) is 36.3 Å². The van der Waals surface area contributed by atoms with E-state index in [1.807, 2.05) is 26.2 Å². The van der Waals surface area contributed by atoms with Gasteiger partial charge in [-0.2, -0.15) is 0 Å². The third kappa shape index (κ3) is 5.65. The molecule has 3 aliphatic rings. The Morgan fingerprint density at radius 1 is 1.13 bits per heavy atom. The lowest BCUT2D eigenvalue weighted by Crippen LogP contribution is -2.53. The number of pyridine rings is 1. The Morgan fingerprint density at radius 2 is 1.79 bits per heavy atom. The molecule has 3 N–H and O–H groups in total. The Kier molecular flexibility index (Phi) is 7.67. The van der Waals surface area contributed by atoms with Crippen LogP contribution in [0.2, 0.25) is 5.02 Å². The number of aryl methyl sites for hydroxylation is 1. The van der Waals surface area contributed by atoms with Crippen molar-refractivity contribution in [3.63, 3.8) is 0 Å². The Hall–Kier alpha value is -2.30. The molecule has 1 amide bonds. The van der Waals surface area contributed by atoms with Crippen molar-refractivity contribution >= 4 is 29.3 Å². The zero-order valence-electron chi connectivity index (χ0n) is 22.5. The number of aromatic amines is 1. The molecule has 212 valence electrons. The minimum absolute atomic E-state index is 0.0730. The number of amides is 1. The predicted molar refractivity (Wildman–Crippen MR) is 147 cm³/mol. The average Bonchev–Trinajstić information content (AvgIpc) is 3.24. The second-order valence-electron chi connectivity index (χ2n) is 11.1. The van der Waals surface area contributed by atoms with Crippen molar-refractivity contribution in [2.45, 2.75) is 94.5 Å². The van der Waals surface area contributed by atoms with Crippen molar-refractivity contribution in [2.75, 3.05) is 6.26 Å². The van der Waals surface area contributed by atoms with Gasteiger partial charge in [-0.1, -0.05) is 11.6 Å². The molecular weight excluding hydrogens is 548 g/mol. The molecule has 2 aromatic rings. The smallest absolute Gasteiger partial charge is 0.254 e. The van der Waals surface area contributed by atoms with Gasteiger partial charge in [-0.05, 0) is 57.9 Å². The quantitative estimate of drug-likeness (QED) is 0.362. The van der Waals surface area contributed by atoms with Crippen LogP contribution in [-0.2, 0) is 6.54 Å². The highest BCUT2D eigenvalue weighted by atomic mass is 35.5. The molecule has 5 rings (SSSR count). The van der Waals surface area contributed by atoms with Crippen molar-refractivity contribution in [1.29, 1.82) is 0 Å². The molecule has 2 aliphatic carbocycles. The molecular formula is C28H34ClF2N3O4S. The van der Waals surface area contributed by atoms with Crippen LogP contribution in [0, 0.1) is 19.8 Å². The van der Waals surface area contributed by atoms with Crippen LogP contribution in [0.5, 0.6) is 11.5 Å². The Morgan fingerprint density at radius 3 is 2.44 bits per heavy atom. The van der Waals surface area contributed by atoms with E-state index in [-0.39, 0.29) is 53.9 Å². The maximum Gasteiger partial charge on any atom is 0.254 e. The Balaban J connectivity index is 1.25. The first kappa shape index (κ1) is 28.2. The predicted octanol–water partition coefficient (Wildman–Crippen LogP) is 5.73. The highest BCUT2D eigenvalue weighted by Crippen LogP contribution is 2.51. The van der Waals surface area contributed by atoms with E-state index in [4.69, 9.17) is 21.1 Å². The Labute approximate surface area is 235 Å². The van der Waals surface area contributed by atoms with Gasteiger partial charge in [-0.3, -0.25) is 9.59 Å². The number of H-pyrrole nitrogens is 1. The van der Waals surface area contributed by atoms with Crippen molar-refractivity contribution < 1.29 is 23.0 Å². The van der Waals surface area contributed by atoms with E-state index < -0.39 is 11.7 Å². The number of carbonyl (C=O) groups excluding carboxylic acids is 1. The number of halogens is 3. The summed E-state index contributed by atoms with van der Waals surface area (Å²) in [7, 11) is 0. The fourth-order valence-corrected chi connectivity index (χ4v) is 6.88. The summed E-state index contributed by atoms with van der Waals surface area (Å²) in [4.78, 5) is 29.2. The van der Waals surface area contributed by atoms with Crippen LogP contribution in [0.25, 0.3) is 0 Å². The molecule has 0 unspecified atom stereocenters. The van der Waals surface area contributed by atoms with E-state index in [9.17, 15) is 18.4 Å². The minimum Gasteiger partial charge on any atom is -0.448 e. The molecule has 0 radical (unpaired) electrons. The number of fused-ring (bicyclic) bond motifs is 1. The lowest BCUT2D eigenvalue weighted by atomic mass is 9.79. The third-order valence-electron chi connectivity index (χ3n) is 8.20. The number of rotatable bonds is 7. The van der Waals surface area contributed by atoms with E-state index in [0.29, 0.717) is 28.2 Å². The van der Waals surface area contributed by atoms with Crippen molar-refractivity contribution in [3.05, 3.63) is 49.9 Å². The third-order valence-corrected chi connectivity index (χ3v) is 9.28. The van der Waals surface area contributed by atoms with Gasteiger partial charge in [-0.25, -0.2) is 8.78 Å². The van der Waals surface area contributed by atoms with Crippen molar-refractivity contribution in [3.8, 4) is 11.5 Å². The van der Waals surface area contributed by atoms with Crippen molar-refractivity contribution in [2.24, 2.45) is 5.92 Å². The zero-order valence-corrected chi connectivity index (χ0v) is 24.1. The highest BCUT2D eigenvalue weighted by Gasteiger charge is 2.49. The van der Waals surface area contributed by atoms with Crippen LogP contribution in [0.4, 0.5) is 8.78 Å². The van der Waals surface area contributed by atoms with Crippen LogP contribution in [0.1, 0.15) is 72.6 Å². The number of carbonyl (C=O) groups is 1. The van der Waals surface area contributed by atoms with Crippen LogP contribution in [-0.4, -0.2) is 40.9 Å². The van der Waals surface area contributed by atoms with E-state index >= 15 is 0 Å². The first-order valence-corrected chi connectivity index (χ1v) is 14.9. The topological polar surface area (TPSA) is 92.5 Å². The minimum atomic E-state index is -2.53. The first-order chi connectivity index (χ1) is 18.4. The zero-order chi connectivity index (χ0) is 28.1. The molecule has 1 atom stereocenters. The van der Waals surface area contributed by atoms with Crippen molar-refractivity contribution in [1.82, 2.24) is 15.6 Å². The van der Waals surface area contributed by atoms with Crippen LogP contribution >= 0.6 is 23.4 Å². The summed E-state index contributed by atoms with van der Waals surface area (Å²) in [6, 6.07) is 3.56. The molecule has 0 spiro atoms. The van der Waals surface area contributed by atoms with Gasteiger partial charge >= 0.3 is 0 Å². The number of hydrogen-bond donors (Lipinski definition) is 3. The van der Waals surface area contributed by atoms with E-state index in [1.54, 1.807) is 13.0 Å². The summed E-state index contributed by atoms with van der Waals surface area (Å²) in [5.74, 6) is -2.88. The van der Waals surface area contributed by atoms with E-state index in [1.165, 1.54) is 11.8 Å². The summed E-state index contributed by atoms with van der Waals surface area (Å²) in [6.45, 7) is 5.57. The molecule has 39 heavy (non-hydrogen) atoms. The normalized spacial score (nSPS) is 25.8. The summed E-state index contributed by atoms with van der Waals surface area (Å²) >= 11 is 8.03. The summed E-state index contributed by atoms with van der Waals surface area (Å²) < 4.78 is 39.0. The number of ether oxygens (including phenoxy) is 2. The SMILES string of the molecule is CSc1cc(C)[nH]c(=O)c1CNC(=O)c1cc(Cl)c2c(c1C)O[C@@](C)([C@H]1CC[C@H](NC3CC(F)(F)C3)CC1)O2. The maximum atomic E-state index is 13.2. The molecule has 2 saturated carbocycles. The molecule has 2 fully saturated rings. The Bertz CT molecular complexity index is 1340. The molecule has 0 saturated heterocycles. The molecule has 1 aromatic heterocycles. The molecule has 2 heterocycles. The first-order valence-electron chi connectivity index (χ1n) is 13.3. The van der Waals surface area contributed by atoms with Gasteiger partial charge < -0.3 is 25.1 Å². The summed E-state index contributed by atoms with van der Waals surface area (Å²) in [5.41, 5.74) is 1.99. The molecule has 0 bridgehead atoms. The number of thioether (sulfide) groups is 1. The van der Waals surface area contributed by atoms with Gasteiger partial charge in [0.2, 0.25) is 0 Å². The number of alkyl halides is 2. The second kappa shape index (κ2) is 10.6. The molecule has 1 aromatic carbocycles. The van der Waals surface area contributed by atoms with Gasteiger partial charge in [0.05, 0.1) is 5.02 Å². The van der Waals surface area contributed by atoms with Gasteiger partial charge in [0.1, 0.15) is 0 Å². The summed E-state index contributed by atoms with van der Waals surface area (Å²) in [5, 5.41) is 6.51. The van der Waals surface area contributed by atoms with Gasteiger partial charge in [-0.15, -0.1) is 11.8 Å². The van der Waals surface area contributed by atoms with Crippen LogP contribution in [0.15, 0.2) is 21.8 Å². The lowest BCUT2D eigenvalue weighted by molar-refractivity contribution is -0.123. The van der Waals surface area contributed by atoms with Gasteiger partial charge in [0.25, 0.3) is 23.2 Å². The van der Waals surface area contributed by atoms with Gasteiger partial charge in [0, 0.05) is 71.6 Å². The summed E-state index contributed by atoms with van der Waals surface area (Å²) in [6.07, 6.45) is 5.05. The highest BCUT2D eigenvalue weighted by molar-refractivity contribution is 7.98.